The molecule has 1 N–H and O–H groups in total. The Morgan fingerprint density at radius 1 is 1.00 bits per heavy atom. The number of carbonyl (C=O) groups is 1. The molecule has 2 aromatic rings. The van der Waals surface area contributed by atoms with Gasteiger partial charge in [0.15, 0.2) is 0 Å². The van der Waals surface area contributed by atoms with Crippen molar-refractivity contribution in [2.75, 3.05) is 38.1 Å². The molecule has 4 nitrogen and oxygen atoms in total. The Balaban J connectivity index is 1.31. The van der Waals surface area contributed by atoms with Crippen LogP contribution in [-0.2, 0) is 6.42 Å². The summed E-state index contributed by atoms with van der Waals surface area (Å²) in [5, 5.41) is 6.83. The van der Waals surface area contributed by atoms with Gasteiger partial charge in [0, 0.05) is 31.9 Å². The van der Waals surface area contributed by atoms with E-state index >= 15 is 0 Å². The first-order valence-electron chi connectivity index (χ1n) is 11.9. The molecule has 0 radical (unpaired) electrons. The molecule has 1 heterocycles. The molecule has 0 spiro atoms. The van der Waals surface area contributed by atoms with Crippen LogP contribution in [-0.4, -0.2) is 49.6 Å². The van der Waals surface area contributed by atoms with Crippen molar-refractivity contribution in [3.63, 3.8) is 0 Å². The van der Waals surface area contributed by atoms with Crippen LogP contribution in [0.5, 0.6) is 0 Å². The molecule has 0 aromatic heterocycles. The van der Waals surface area contributed by atoms with E-state index in [4.69, 9.17) is 11.6 Å². The number of hydrogen-bond acceptors (Lipinski definition) is 3. The summed E-state index contributed by atoms with van der Waals surface area (Å²) in [5.41, 5.74) is 6.01. The second-order valence-electron chi connectivity index (χ2n) is 9.91. The van der Waals surface area contributed by atoms with Crippen LogP contribution in [0.15, 0.2) is 36.4 Å². The molecule has 1 amide bonds. The molecule has 1 saturated heterocycles. The lowest BCUT2D eigenvalue weighted by Crippen LogP contribution is -2.45. The van der Waals surface area contributed by atoms with Crippen LogP contribution in [0.1, 0.15) is 48.0 Å². The third kappa shape index (κ3) is 3.36. The number of halogens is 1. The lowest BCUT2D eigenvalue weighted by molar-refractivity contribution is 0.0941. The summed E-state index contributed by atoms with van der Waals surface area (Å²) in [4.78, 5) is 18.1. The first-order valence-corrected chi connectivity index (χ1v) is 12.3. The van der Waals surface area contributed by atoms with Crippen LogP contribution in [0.3, 0.4) is 0 Å². The minimum atomic E-state index is -0.201. The van der Waals surface area contributed by atoms with Crippen molar-refractivity contribution in [3.8, 4) is 0 Å². The van der Waals surface area contributed by atoms with E-state index < -0.39 is 0 Å². The third-order valence-electron chi connectivity index (χ3n) is 7.95. The summed E-state index contributed by atoms with van der Waals surface area (Å²) in [7, 11) is 2.15. The summed E-state index contributed by atoms with van der Waals surface area (Å²) in [6.07, 6.45) is 6.59. The minimum Gasteiger partial charge on any atom is -0.369 e. The van der Waals surface area contributed by atoms with Gasteiger partial charge in [0.1, 0.15) is 0 Å². The molecule has 4 aliphatic rings. The highest BCUT2D eigenvalue weighted by Crippen LogP contribution is 2.46. The fraction of sp³-hybridized carbons (Fsp3) is 0.444. The van der Waals surface area contributed by atoms with Gasteiger partial charge in [-0.25, -0.2) is 0 Å². The van der Waals surface area contributed by atoms with Crippen molar-refractivity contribution >= 4 is 34.3 Å². The number of carbonyl (C=O) groups excluding carboxylic acids is 1. The molecule has 0 bridgehead atoms. The number of nitrogens with one attached hydrogen (secondary N) is 1. The van der Waals surface area contributed by atoms with Gasteiger partial charge in [0.2, 0.25) is 0 Å². The van der Waals surface area contributed by atoms with Gasteiger partial charge in [-0.3, -0.25) is 4.79 Å². The van der Waals surface area contributed by atoms with E-state index in [9.17, 15) is 4.79 Å². The summed E-state index contributed by atoms with van der Waals surface area (Å²) in [6, 6.07) is 12.6. The number of hydrogen-bond donors (Lipinski definition) is 1. The second kappa shape index (κ2) is 7.64. The molecule has 1 aliphatic heterocycles. The Morgan fingerprint density at radius 2 is 1.78 bits per heavy atom. The molecular formula is C27H30ClN3O. The topological polar surface area (TPSA) is 35.6 Å². The number of piperazine rings is 1. The number of likely N-dealkylation sites (N-methyl/N-ethyl adjacent to an activating group) is 1. The van der Waals surface area contributed by atoms with Crippen molar-refractivity contribution in [1.82, 2.24) is 10.2 Å². The molecule has 1 saturated carbocycles. The number of aryl methyl sites for hydroxylation is 1. The normalized spacial score (nSPS) is 21.5. The van der Waals surface area contributed by atoms with Gasteiger partial charge < -0.3 is 15.1 Å². The zero-order valence-electron chi connectivity index (χ0n) is 18.7. The summed E-state index contributed by atoms with van der Waals surface area (Å²) < 4.78 is 0. The van der Waals surface area contributed by atoms with Gasteiger partial charge in [-0.1, -0.05) is 35.4 Å². The number of nitrogens with zero attached hydrogens (tertiary/aromatic N) is 2. The lowest BCUT2D eigenvalue weighted by atomic mass is 9.88. The predicted octanol–water partition coefficient (Wildman–Crippen LogP) is 3.10. The molecule has 0 unspecified atom stereocenters. The maximum Gasteiger partial charge on any atom is 0.253 e. The second-order valence-corrected chi connectivity index (χ2v) is 10.3. The van der Waals surface area contributed by atoms with Gasteiger partial charge in [-0.2, -0.15) is 0 Å². The van der Waals surface area contributed by atoms with Crippen molar-refractivity contribution < 1.29 is 4.79 Å². The van der Waals surface area contributed by atoms with Gasteiger partial charge in [-0.05, 0) is 85.3 Å². The monoisotopic (exact) mass is 447 g/mol. The van der Waals surface area contributed by atoms with E-state index in [1.807, 2.05) is 18.2 Å². The summed E-state index contributed by atoms with van der Waals surface area (Å²) in [5.74, 6) is -0.0432. The predicted molar refractivity (Wildman–Crippen MR) is 131 cm³/mol. The van der Waals surface area contributed by atoms with Crippen molar-refractivity contribution in [1.29, 1.82) is 0 Å². The highest BCUT2D eigenvalue weighted by molar-refractivity contribution is 6.34. The summed E-state index contributed by atoms with van der Waals surface area (Å²) in [6.45, 7) is 4.01. The Morgan fingerprint density at radius 3 is 2.56 bits per heavy atom. The van der Waals surface area contributed by atoms with Gasteiger partial charge >= 0.3 is 0 Å². The summed E-state index contributed by atoms with van der Waals surface area (Å²) >= 11 is 6.52. The minimum absolute atomic E-state index is 0.0432. The molecule has 6 rings (SSSR count). The van der Waals surface area contributed by atoms with E-state index in [0.29, 0.717) is 10.6 Å². The molecule has 2 fully saturated rings. The SMILES string of the molecule is CN1CCN(c2ccc(Cl)c(C(=O)NC3(C4=c5cccc6c5=C(CC4)CC6)CC3)c2)CC1. The Kier molecular flexibility index (Phi) is 4.85. The molecule has 0 atom stereocenters. The maximum atomic E-state index is 13.5. The number of anilines is 1. The van der Waals surface area contributed by atoms with Gasteiger partial charge in [0.05, 0.1) is 16.1 Å². The first kappa shape index (κ1) is 20.3. The molecule has 5 heteroatoms. The Hall–Kier alpha value is -2.30. The number of benzene rings is 2. The highest BCUT2D eigenvalue weighted by Gasteiger charge is 2.48. The number of amides is 1. The van der Waals surface area contributed by atoms with Crippen molar-refractivity contribution in [3.05, 3.63) is 63.0 Å². The molecule has 3 aliphatic carbocycles. The maximum absolute atomic E-state index is 13.5. The largest absolute Gasteiger partial charge is 0.369 e. The van der Waals surface area contributed by atoms with E-state index in [1.165, 1.54) is 34.4 Å². The Bertz CT molecular complexity index is 1220. The van der Waals surface area contributed by atoms with Crippen LogP contribution in [0.4, 0.5) is 5.69 Å². The van der Waals surface area contributed by atoms with E-state index in [-0.39, 0.29) is 11.4 Å². The molecule has 166 valence electrons. The Labute approximate surface area is 194 Å². The first-order chi connectivity index (χ1) is 15.5. The van der Waals surface area contributed by atoms with E-state index in [1.54, 1.807) is 5.57 Å². The zero-order chi connectivity index (χ0) is 21.9. The fourth-order valence-corrected chi connectivity index (χ4v) is 6.11. The van der Waals surface area contributed by atoms with Gasteiger partial charge in [-0.15, -0.1) is 0 Å². The van der Waals surface area contributed by atoms with Crippen molar-refractivity contribution in [2.45, 2.75) is 44.1 Å². The van der Waals surface area contributed by atoms with E-state index in [2.05, 4.69) is 40.4 Å². The van der Waals surface area contributed by atoms with Crippen LogP contribution < -0.4 is 20.7 Å². The van der Waals surface area contributed by atoms with Crippen LogP contribution in [0.25, 0.3) is 11.1 Å². The van der Waals surface area contributed by atoms with Crippen LogP contribution >= 0.6 is 11.6 Å². The van der Waals surface area contributed by atoms with Crippen LogP contribution in [0.2, 0.25) is 5.02 Å². The van der Waals surface area contributed by atoms with Crippen LogP contribution in [0, 0.1) is 0 Å². The van der Waals surface area contributed by atoms with Crippen molar-refractivity contribution in [2.24, 2.45) is 0 Å². The molecular weight excluding hydrogens is 418 g/mol. The average molecular weight is 448 g/mol. The fourth-order valence-electron chi connectivity index (χ4n) is 5.91. The number of rotatable bonds is 4. The highest BCUT2D eigenvalue weighted by atomic mass is 35.5. The molecule has 2 aromatic carbocycles. The third-order valence-corrected chi connectivity index (χ3v) is 8.28. The van der Waals surface area contributed by atoms with Gasteiger partial charge in [0.25, 0.3) is 5.91 Å². The smallest absolute Gasteiger partial charge is 0.253 e. The standard InChI is InChI=1S/C27H30ClN3O/c1-30-13-15-31(16-14-30)20-8-10-24(28)22(17-20)26(32)29-27(11-12-27)23-9-7-19-6-5-18-3-2-4-21(23)25(18)19/h2-4,8,10,17H,5-7,9,11-16H2,1H3,(H,29,32). The van der Waals surface area contributed by atoms with E-state index in [0.717, 1.165) is 57.5 Å². The lowest BCUT2D eigenvalue weighted by Gasteiger charge is -2.34. The molecule has 32 heavy (non-hydrogen) atoms. The zero-order valence-corrected chi connectivity index (χ0v) is 19.5. The quantitative estimate of drug-likeness (QED) is 0.782. The average Bonchev–Trinajstić information content (AvgIpc) is 3.46.